The van der Waals surface area contributed by atoms with Gasteiger partial charge in [-0.3, -0.25) is 0 Å². The Morgan fingerprint density at radius 1 is 0.955 bits per heavy atom. The summed E-state index contributed by atoms with van der Waals surface area (Å²) in [5.41, 5.74) is 5.17. The number of hydrogen-bond donors (Lipinski definition) is 0. The quantitative estimate of drug-likeness (QED) is 0.798. The normalized spacial score (nSPS) is 17.8. The lowest BCUT2D eigenvalue weighted by Crippen LogP contribution is -2.30. The molecule has 0 radical (unpaired) electrons. The van der Waals surface area contributed by atoms with E-state index in [1.165, 1.54) is 0 Å². The highest BCUT2D eigenvalue weighted by Crippen LogP contribution is 2.44. The molecule has 3 nitrogen and oxygen atoms in total. The van der Waals surface area contributed by atoms with Crippen LogP contribution in [0.5, 0.6) is 0 Å². The first-order valence-corrected chi connectivity index (χ1v) is 7.46. The Morgan fingerprint density at radius 3 is 2.50 bits per heavy atom. The van der Waals surface area contributed by atoms with Crippen molar-refractivity contribution in [3.8, 4) is 0 Å². The predicted molar refractivity (Wildman–Crippen MR) is 84.3 cm³/mol. The fraction of sp³-hybridized carbons (Fsp3) is 0.211. The standard InChI is InChI=1S/C19H16O3/c20-10-9-14-5-8-18-16(13-14)7-6-15-3-1-2-4-17(15)19(18)21-11-12-22-19/h1-8,10,13H,9,11-12H2. The number of aldehydes is 1. The first kappa shape index (κ1) is 13.4. The molecule has 0 aromatic heterocycles. The molecule has 4 rings (SSSR count). The smallest absolute Gasteiger partial charge is 0.223 e. The van der Waals surface area contributed by atoms with E-state index in [0.717, 1.165) is 34.1 Å². The highest BCUT2D eigenvalue weighted by atomic mass is 16.7. The zero-order valence-electron chi connectivity index (χ0n) is 12.1. The fourth-order valence-electron chi connectivity index (χ4n) is 3.26. The molecule has 0 unspecified atom stereocenters. The van der Waals surface area contributed by atoms with Gasteiger partial charge >= 0.3 is 0 Å². The largest absolute Gasteiger partial charge is 0.340 e. The van der Waals surface area contributed by atoms with E-state index in [2.05, 4.69) is 24.3 Å². The number of carbonyl (C=O) groups excluding carboxylic acids is 1. The van der Waals surface area contributed by atoms with Crippen LogP contribution in [0.1, 0.15) is 27.8 Å². The molecule has 3 heteroatoms. The van der Waals surface area contributed by atoms with Crippen LogP contribution in [0.3, 0.4) is 0 Å². The van der Waals surface area contributed by atoms with Crippen LogP contribution in [0.2, 0.25) is 0 Å². The minimum Gasteiger partial charge on any atom is -0.340 e. The number of fused-ring (bicyclic) bond motifs is 4. The van der Waals surface area contributed by atoms with Gasteiger partial charge in [0.25, 0.3) is 0 Å². The molecule has 0 atom stereocenters. The molecule has 1 aliphatic heterocycles. The third kappa shape index (κ3) is 1.94. The zero-order chi connectivity index (χ0) is 15.0. The lowest BCUT2D eigenvalue weighted by molar-refractivity contribution is -0.130. The van der Waals surface area contributed by atoms with E-state index >= 15 is 0 Å². The topological polar surface area (TPSA) is 35.5 Å². The van der Waals surface area contributed by atoms with Crippen molar-refractivity contribution in [3.05, 3.63) is 70.3 Å². The Morgan fingerprint density at radius 2 is 1.68 bits per heavy atom. The van der Waals surface area contributed by atoms with Gasteiger partial charge in [-0.15, -0.1) is 0 Å². The maximum absolute atomic E-state index is 10.8. The molecule has 22 heavy (non-hydrogen) atoms. The molecule has 2 aromatic carbocycles. The van der Waals surface area contributed by atoms with Gasteiger partial charge in [0.05, 0.1) is 13.2 Å². The minimum absolute atomic E-state index is 0.419. The first-order chi connectivity index (χ1) is 10.8. The van der Waals surface area contributed by atoms with Crippen molar-refractivity contribution in [2.75, 3.05) is 13.2 Å². The van der Waals surface area contributed by atoms with E-state index in [4.69, 9.17) is 9.47 Å². The molecule has 1 spiro atoms. The van der Waals surface area contributed by atoms with Gasteiger partial charge in [-0.1, -0.05) is 54.6 Å². The first-order valence-electron chi connectivity index (χ1n) is 7.46. The molecular formula is C19H16O3. The van der Waals surface area contributed by atoms with Crippen molar-refractivity contribution in [1.82, 2.24) is 0 Å². The molecule has 0 amide bonds. The average Bonchev–Trinajstić information content (AvgIpc) is 2.99. The summed E-state index contributed by atoms with van der Waals surface area (Å²) in [4.78, 5) is 10.8. The Kier molecular flexibility index (Phi) is 3.17. The molecule has 1 fully saturated rings. The van der Waals surface area contributed by atoms with Gasteiger partial charge < -0.3 is 14.3 Å². The fourth-order valence-corrected chi connectivity index (χ4v) is 3.26. The third-order valence-electron chi connectivity index (χ3n) is 4.24. The summed E-state index contributed by atoms with van der Waals surface area (Å²) >= 11 is 0. The van der Waals surface area contributed by atoms with Gasteiger partial charge in [0.2, 0.25) is 5.79 Å². The molecule has 1 heterocycles. The van der Waals surface area contributed by atoms with Crippen LogP contribution in [-0.4, -0.2) is 19.5 Å². The monoisotopic (exact) mass is 292 g/mol. The Hall–Kier alpha value is -2.23. The van der Waals surface area contributed by atoms with E-state index in [1.807, 2.05) is 30.3 Å². The molecule has 1 aliphatic carbocycles. The summed E-state index contributed by atoms with van der Waals surface area (Å²) < 4.78 is 12.2. The van der Waals surface area contributed by atoms with Gasteiger partial charge in [-0.2, -0.15) is 0 Å². The summed E-state index contributed by atoms with van der Waals surface area (Å²) in [5.74, 6) is -0.838. The maximum Gasteiger partial charge on any atom is 0.223 e. The molecule has 2 aliphatic rings. The van der Waals surface area contributed by atoms with Crippen molar-refractivity contribution in [2.24, 2.45) is 0 Å². The van der Waals surface area contributed by atoms with Crippen molar-refractivity contribution in [3.63, 3.8) is 0 Å². The van der Waals surface area contributed by atoms with Gasteiger partial charge in [0.15, 0.2) is 0 Å². The van der Waals surface area contributed by atoms with Crippen molar-refractivity contribution >= 4 is 18.4 Å². The average molecular weight is 292 g/mol. The van der Waals surface area contributed by atoms with Gasteiger partial charge in [0, 0.05) is 17.5 Å². The van der Waals surface area contributed by atoms with Crippen LogP contribution in [0, 0.1) is 0 Å². The van der Waals surface area contributed by atoms with Crippen molar-refractivity contribution in [2.45, 2.75) is 12.2 Å². The van der Waals surface area contributed by atoms with Crippen molar-refractivity contribution in [1.29, 1.82) is 0 Å². The summed E-state index contributed by atoms with van der Waals surface area (Å²) in [5, 5.41) is 0. The third-order valence-corrected chi connectivity index (χ3v) is 4.24. The van der Waals surface area contributed by atoms with Gasteiger partial charge in [-0.05, 0) is 16.7 Å². The molecule has 2 aromatic rings. The Labute approximate surface area is 129 Å². The summed E-state index contributed by atoms with van der Waals surface area (Å²) in [7, 11) is 0. The van der Waals surface area contributed by atoms with Crippen LogP contribution in [-0.2, 0) is 26.5 Å². The molecule has 0 N–H and O–H groups in total. The second kappa shape index (κ2) is 5.20. The SMILES string of the molecule is O=CCc1ccc2c(c1)C=Cc1ccccc1C21OCCO1. The van der Waals surface area contributed by atoms with Gasteiger partial charge in [-0.25, -0.2) is 0 Å². The number of carbonyl (C=O) groups is 1. The highest BCUT2D eigenvalue weighted by Gasteiger charge is 2.43. The van der Waals surface area contributed by atoms with E-state index in [-0.39, 0.29) is 0 Å². The number of benzene rings is 2. The minimum atomic E-state index is -0.838. The molecule has 110 valence electrons. The molecule has 1 saturated heterocycles. The number of ether oxygens (including phenoxy) is 2. The molecular weight excluding hydrogens is 276 g/mol. The van der Waals surface area contributed by atoms with Crippen LogP contribution in [0.25, 0.3) is 12.2 Å². The Balaban J connectivity index is 1.96. The van der Waals surface area contributed by atoms with Crippen molar-refractivity contribution < 1.29 is 14.3 Å². The summed E-state index contributed by atoms with van der Waals surface area (Å²) in [6, 6.07) is 14.2. The lowest BCUT2D eigenvalue weighted by Gasteiger charge is -2.30. The van der Waals surface area contributed by atoms with E-state index in [9.17, 15) is 4.79 Å². The Bertz CT molecular complexity index is 755. The predicted octanol–water partition coefficient (Wildman–Crippen LogP) is 3.16. The van der Waals surface area contributed by atoms with Crippen LogP contribution in [0.4, 0.5) is 0 Å². The molecule has 0 bridgehead atoms. The number of hydrogen-bond acceptors (Lipinski definition) is 3. The second-order valence-corrected chi connectivity index (χ2v) is 5.53. The molecule has 0 saturated carbocycles. The summed E-state index contributed by atoms with van der Waals surface area (Å²) in [6.45, 7) is 1.15. The summed E-state index contributed by atoms with van der Waals surface area (Å²) in [6.07, 6.45) is 5.50. The lowest BCUT2D eigenvalue weighted by atomic mass is 9.91. The number of rotatable bonds is 2. The van der Waals surface area contributed by atoms with Gasteiger partial charge in [0.1, 0.15) is 6.29 Å². The van der Waals surface area contributed by atoms with E-state index < -0.39 is 5.79 Å². The maximum atomic E-state index is 10.8. The van der Waals surface area contributed by atoms with Crippen LogP contribution in [0.15, 0.2) is 42.5 Å². The van der Waals surface area contributed by atoms with Crippen LogP contribution >= 0.6 is 0 Å². The second-order valence-electron chi connectivity index (χ2n) is 5.53. The zero-order valence-corrected chi connectivity index (χ0v) is 12.1. The van der Waals surface area contributed by atoms with E-state index in [1.54, 1.807) is 0 Å². The van der Waals surface area contributed by atoms with E-state index in [0.29, 0.717) is 19.6 Å². The highest BCUT2D eigenvalue weighted by molar-refractivity contribution is 5.77. The van der Waals surface area contributed by atoms with Crippen LogP contribution < -0.4 is 0 Å².